The summed E-state index contributed by atoms with van der Waals surface area (Å²) in [7, 11) is 1.62. The van der Waals surface area contributed by atoms with Crippen LogP contribution >= 0.6 is 11.6 Å². The minimum Gasteiger partial charge on any atom is -0.463 e. The number of carbonyl (C=O) groups excluding carboxylic acids is 2. The fourth-order valence-corrected chi connectivity index (χ4v) is 2.21. The van der Waals surface area contributed by atoms with Crippen molar-refractivity contribution in [2.24, 2.45) is 0 Å². The zero-order valence-electron chi connectivity index (χ0n) is 10.1. The highest BCUT2D eigenvalue weighted by atomic mass is 35.5. The zero-order chi connectivity index (χ0) is 13.3. The number of nitrogens with zero attached hydrogens (tertiary/aromatic N) is 1. The molecule has 0 atom stereocenters. The molecule has 0 spiro atoms. The molecule has 0 unspecified atom stereocenters. The van der Waals surface area contributed by atoms with Crippen LogP contribution in [0.25, 0.3) is 5.57 Å². The smallest absolute Gasteiger partial charge is 0.331 e. The molecule has 0 aliphatic carbocycles. The average molecular weight is 266 g/mol. The summed E-state index contributed by atoms with van der Waals surface area (Å²) in [5.74, 6) is -0.784. The minimum atomic E-state index is -0.526. The number of benzene rings is 1. The van der Waals surface area contributed by atoms with Gasteiger partial charge >= 0.3 is 5.97 Å². The molecule has 2 rings (SSSR count). The van der Waals surface area contributed by atoms with Crippen molar-refractivity contribution in [2.45, 2.75) is 6.92 Å². The van der Waals surface area contributed by atoms with Gasteiger partial charge in [-0.3, -0.25) is 4.79 Å². The van der Waals surface area contributed by atoms with Gasteiger partial charge in [-0.15, -0.1) is 0 Å². The highest BCUT2D eigenvalue weighted by Crippen LogP contribution is 2.40. The van der Waals surface area contributed by atoms with Gasteiger partial charge in [0.1, 0.15) is 0 Å². The van der Waals surface area contributed by atoms with Gasteiger partial charge in [0.15, 0.2) is 0 Å². The van der Waals surface area contributed by atoms with Crippen molar-refractivity contribution in [3.05, 3.63) is 34.9 Å². The van der Waals surface area contributed by atoms with E-state index in [1.165, 1.54) is 11.0 Å². The Balaban J connectivity index is 2.50. The Morgan fingerprint density at radius 3 is 2.89 bits per heavy atom. The van der Waals surface area contributed by atoms with Crippen molar-refractivity contribution >= 4 is 34.7 Å². The third-order valence-electron chi connectivity index (χ3n) is 2.70. The molecule has 1 aromatic rings. The lowest BCUT2D eigenvalue weighted by Crippen LogP contribution is -2.21. The van der Waals surface area contributed by atoms with E-state index in [0.717, 1.165) is 0 Å². The minimum absolute atomic E-state index is 0.258. The molecule has 0 aromatic heterocycles. The predicted octanol–water partition coefficient (Wildman–Crippen LogP) is 2.26. The number of para-hydroxylation sites is 1. The third kappa shape index (κ3) is 1.99. The van der Waals surface area contributed by atoms with Gasteiger partial charge in [-0.05, 0) is 13.0 Å². The molecule has 1 amide bonds. The quantitative estimate of drug-likeness (QED) is 0.609. The van der Waals surface area contributed by atoms with Crippen molar-refractivity contribution in [3.8, 4) is 0 Å². The maximum absolute atomic E-state index is 12.0. The Kier molecular flexibility index (Phi) is 3.39. The number of ether oxygens (including phenoxy) is 1. The van der Waals surface area contributed by atoms with Crippen LogP contribution in [-0.2, 0) is 14.3 Å². The summed E-state index contributed by atoms with van der Waals surface area (Å²) in [5.41, 5.74) is 1.59. The van der Waals surface area contributed by atoms with Crippen molar-refractivity contribution in [1.29, 1.82) is 0 Å². The Morgan fingerprint density at radius 1 is 1.50 bits per heavy atom. The molecular formula is C13H12ClNO3. The summed E-state index contributed by atoms with van der Waals surface area (Å²) in [6, 6.07) is 5.21. The number of esters is 1. The number of rotatable bonds is 2. The van der Waals surface area contributed by atoms with E-state index in [2.05, 4.69) is 0 Å². The van der Waals surface area contributed by atoms with E-state index in [0.29, 0.717) is 21.8 Å². The second-order valence-corrected chi connectivity index (χ2v) is 4.22. The van der Waals surface area contributed by atoms with Crippen molar-refractivity contribution in [3.63, 3.8) is 0 Å². The number of fused-ring (bicyclic) bond motifs is 1. The van der Waals surface area contributed by atoms with Crippen LogP contribution in [0.1, 0.15) is 12.5 Å². The van der Waals surface area contributed by atoms with Crippen LogP contribution in [0.4, 0.5) is 5.69 Å². The largest absolute Gasteiger partial charge is 0.463 e. The van der Waals surface area contributed by atoms with Gasteiger partial charge in [0.25, 0.3) is 5.91 Å². The van der Waals surface area contributed by atoms with Gasteiger partial charge in [0, 0.05) is 18.7 Å². The normalized spacial score (nSPS) is 16.1. The fourth-order valence-electron chi connectivity index (χ4n) is 1.91. The molecule has 0 fully saturated rings. The summed E-state index contributed by atoms with van der Waals surface area (Å²) in [6.07, 6.45) is 1.21. The van der Waals surface area contributed by atoms with Gasteiger partial charge in [0.05, 0.1) is 22.9 Å². The highest BCUT2D eigenvalue weighted by molar-refractivity contribution is 6.40. The van der Waals surface area contributed by atoms with Crippen molar-refractivity contribution < 1.29 is 14.3 Å². The first-order valence-corrected chi connectivity index (χ1v) is 5.89. The second kappa shape index (κ2) is 4.82. The van der Waals surface area contributed by atoms with Crippen LogP contribution in [0, 0.1) is 0 Å². The highest BCUT2D eigenvalue weighted by Gasteiger charge is 2.32. The molecule has 1 aliphatic heterocycles. The van der Waals surface area contributed by atoms with Gasteiger partial charge in [-0.1, -0.05) is 23.7 Å². The van der Waals surface area contributed by atoms with Crippen LogP contribution in [-0.4, -0.2) is 25.5 Å². The standard InChI is InChI=1S/C13H12ClNO3/c1-3-18-11(16)7-9-8-5-4-6-10(14)12(8)15(2)13(9)17/h4-7H,3H2,1-2H3/b9-7-. The van der Waals surface area contributed by atoms with E-state index in [9.17, 15) is 9.59 Å². The Labute approximate surface area is 110 Å². The lowest BCUT2D eigenvalue weighted by molar-refractivity contribution is -0.137. The van der Waals surface area contributed by atoms with Crippen LogP contribution in [0.5, 0.6) is 0 Å². The first-order chi connectivity index (χ1) is 8.56. The first-order valence-electron chi connectivity index (χ1n) is 5.51. The first kappa shape index (κ1) is 12.6. The monoisotopic (exact) mass is 265 g/mol. The van der Waals surface area contributed by atoms with Crippen LogP contribution in [0.15, 0.2) is 24.3 Å². The van der Waals surface area contributed by atoms with Crippen molar-refractivity contribution in [2.75, 3.05) is 18.6 Å². The molecule has 0 saturated heterocycles. The molecule has 94 valence electrons. The molecule has 4 nitrogen and oxygen atoms in total. The van der Waals surface area contributed by atoms with Gasteiger partial charge in [-0.2, -0.15) is 0 Å². The third-order valence-corrected chi connectivity index (χ3v) is 3.00. The van der Waals surface area contributed by atoms with E-state index in [-0.39, 0.29) is 12.5 Å². The van der Waals surface area contributed by atoms with Crippen LogP contribution in [0.3, 0.4) is 0 Å². The number of carbonyl (C=O) groups is 2. The lowest BCUT2D eigenvalue weighted by Gasteiger charge is -2.10. The van der Waals surface area contributed by atoms with Crippen molar-refractivity contribution in [1.82, 2.24) is 0 Å². The van der Waals surface area contributed by atoms with Gasteiger partial charge in [0.2, 0.25) is 0 Å². The molecule has 1 heterocycles. The maximum atomic E-state index is 12.0. The summed E-state index contributed by atoms with van der Waals surface area (Å²) in [6.45, 7) is 1.98. The van der Waals surface area contributed by atoms with Crippen LogP contribution in [0.2, 0.25) is 5.02 Å². The van der Waals surface area contributed by atoms with Gasteiger partial charge < -0.3 is 9.64 Å². The Morgan fingerprint density at radius 2 is 2.22 bits per heavy atom. The summed E-state index contributed by atoms with van der Waals surface area (Å²) in [5, 5.41) is 0.482. The summed E-state index contributed by atoms with van der Waals surface area (Å²) < 4.78 is 4.81. The van der Waals surface area contributed by atoms with E-state index in [1.807, 2.05) is 0 Å². The molecule has 0 N–H and O–H groups in total. The molecule has 1 aliphatic rings. The molecule has 5 heteroatoms. The molecule has 18 heavy (non-hydrogen) atoms. The number of hydrogen-bond donors (Lipinski definition) is 0. The SMILES string of the molecule is CCOC(=O)/C=C1\C(=O)N(C)c2c(Cl)cccc21. The van der Waals surface area contributed by atoms with Crippen LogP contribution < -0.4 is 4.90 Å². The van der Waals surface area contributed by atoms with E-state index < -0.39 is 5.97 Å². The Hall–Kier alpha value is -1.81. The topological polar surface area (TPSA) is 46.6 Å². The number of likely N-dealkylation sites (N-methyl/N-ethyl adjacent to an activating group) is 1. The van der Waals surface area contributed by atoms with E-state index in [1.54, 1.807) is 32.2 Å². The number of amides is 1. The fraction of sp³-hybridized carbons (Fsp3) is 0.231. The summed E-state index contributed by atoms with van der Waals surface area (Å²) >= 11 is 6.06. The van der Waals surface area contributed by atoms with Gasteiger partial charge in [-0.25, -0.2) is 4.79 Å². The molecule has 0 radical (unpaired) electrons. The second-order valence-electron chi connectivity index (χ2n) is 3.81. The Bertz CT molecular complexity index is 551. The predicted molar refractivity (Wildman–Crippen MR) is 69.5 cm³/mol. The number of halogens is 1. The number of anilines is 1. The molecular weight excluding hydrogens is 254 g/mol. The zero-order valence-corrected chi connectivity index (χ0v) is 10.8. The molecule has 0 saturated carbocycles. The molecule has 0 bridgehead atoms. The van der Waals surface area contributed by atoms with E-state index in [4.69, 9.17) is 16.3 Å². The van der Waals surface area contributed by atoms with E-state index >= 15 is 0 Å². The number of hydrogen-bond acceptors (Lipinski definition) is 3. The average Bonchev–Trinajstić information content (AvgIpc) is 2.56. The summed E-state index contributed by atoms with van der Waals surface area (Å²) in [4.78, 5) is 24.9. The maximum Gasteiger partial charge on any atom is 0.331 e. The molecule has 1 aromatic carbocycles. The lowest BCUT2D eigenvalue weighted by atomic mass is 10.1.